The van der Waals surface area contributed by atoms with Crippen LogP contribution in [0.25, 0.3) is 44.4 Å². The van der Waals surface area contributed by atoms with Gasteiger partial charge in [-0.05, 0) is 89.0 Å². The van der Waals surface area contributed by atoms with Crippen LogP contribution in [0.2, 0.25) is 0 Å². The zero-order valence-corrected chi connectivity index (χ0v) is 33.5. The van der Waals surface area contributed by atoms with Crippen molar-refractivity contribution < 1.29 is 25.2 Å². The van der Waals surface area contributed by atoms with Crippen molar-refractivity contribution in [3.8, 4) is 34.1 Å². The maximum absolute atomic E-state index is 6.67. The number of para-hydroxylation sites is 1. The fourth-order valence-electron chi connectivity index (χ4n) is 7.34. The Morgan fingerprint density at radius 1 is 0.635 bits per heavy atom. The molecule has 0 spiro atoms. The fraction of sp³-hybridized carbons (Fsp3) is 0.304. The molecule has 0 amide bonds. The normalized spacial score (nSPS) is 11.8. The van der Waals surface area contributed by atoms with Crippen LogP contribution in [-0.2, 0) is 20.4 Å². The Morgan fingerprint density at radius 2 is 1.33 bits per heavy atom. The number of benzene rings is 4. The molecule has 0 unspecified atom stereocenters. The number of aryl methyl sites for hydroxylation is 1. The van der Waals surface area contributed by atoms with Crippen LogP contribution in [0, 0.1) is 26.0 Å². The first-order chi connectivity index (χ1) is 24.4. The first-order valence-electron chi connectivity index (χ1n) is 18.3. The van der Waals surface area contributed by atoms with Crippen LogP contribution in [0.15, 0.2) is 85.1 Å². The molecule has 0 aliphatic rings. The number of hydrogen-bond donors (Lipinski definition) is 0. The summed E-state index contributed by atoms with van der Waals surface area (Å²) in [7, 11) is 0. The van der Waals surface area contributed by atoms with E-state index in [1.54, 1.807) is 0 Å². The number of ether oxygens (including phenoxy) is 1. The van der Waals surface area contributed by atoms with Crippen molar-refractivity contribution in [1.29, 1.82) is 0 Å². The Balaban J connectivity index is 0.00000464. The molecule has 3 aromatic heterocycles. The Morgan fingerprint density at radius 3 is 2.00 bits per heavy atom. The molecule has 0 N–H and O–H groups in total. The second kappa shape index (κ2) is 14.9. The summed E-state index contributed by atoms with van der Waals surface area (Å²) in [4.78, 5) is 4.81. The molecule has 0 fully saturated rings. The molecule has 7 rings (SSSR count). The predicted molar refractivity (Wildman–Crippen MR) is 211 cm³/mol. The average Bonchev–Trinajstić information content (AvgIpc) is 3.59. The molecule has 4 aromatic carbocycles. The van der Waals surface area contributed by atoms with Crippen LogP contribution in [0.1, 0.15) is 113 Å². The number of aromatic nitrogens is 4. The maximum Gasteiger partial charge on any atom is 2.00 e. The van der Waals surface area contributed by atoms with E-state index in [1.807, 2.05) is 16.9 Å². The van der Waals surface area contributed by atoms with Gasteiger partial charge in [-0.3, -0.25) is 4.68 Å². The fourth-order valence-corrected chi connectivity index (χ4v) is 7.34. The minimum atomic E-state index is 0. The quantitative estimate of drug-likeness (QED) is 0.108. The van der Waals surface area contributed by atoms with E-state index in [1.165, 1.54) is 27.8 Å². The van der Waals surface area contributed by atoms with Crippen LogP contribution < -0.4 is 4.74 Å². The van der Waals surface area contributed by atoms with Crippen molar-refractivity contribution >= 4 is 21.8 Å². The van der Waals surface area contributed by atoms with Crippen molar-refractivity contribution in [3.63, 3.8) is 0 Å². The standard InChI is InChI=1S/C46H48N4O.Pd/c1-27(2)33-20-21-47-44(24-33)49-42-17-12-11-14-40(42)41-19-18-36(26-43(41)49)51-37-23-34(28(3)4)22-35(25-37)50-32(10)45(31(9)48-50)46-38(29(5)6)15-13-16-39(46)30(7)8;/h11-24,27-30H,1-10H3;/q-2;+2. The number of nitrogens with zero attached hydrogens (tertiary/aromatic N) is 4. The van der Waals surface area contributed by atoms with E-state index in [4.69, 9.17) is 14.8 Å². The van der Waals surface area contributed by atoms with E-state index < -0.39 is 0 Å². The smallest absolute Gasteiger partial charge is 0.509 e. The molecule has 0 atom stereocenters. The van der Waals surface area contributed by atoms with Crippen molar-refractivity contribution in [2.75, 3.05) is 0 Å². The number of pyridine rings is 1. The molecule has 0 bridgehead atoms. The van der Waals surface area contributed by atoms with Gasteiger partial charge in [-0.1, -0.05) is 97.3 Å². The van der Waals surface area contributed by atoms with Gasteiger partial charge >= 0.3 is 20.4 Å². The Bertz CT molecular complexity index is 2370. The van der Waals surface area contributed by atoms with E-state index in [0.29, 0.717) is 29.3 Å². The first kappa shape index (κ1) is 37.3. The summed E-state index contributed by atoms with van der Waals surface area (Å²) in [5.74, 6) is 3.57. The molecule has 3 heterocycles. The van der Waals surface area contributed by atoms with Crippen molar-refractivity contribution in [3.05, 3.63) is 131 Å². The molecule has 0 saturated heterocycles. The predicted octanol–water partition coefficient (Wildman–Crippen LogP) is 12.5. The van der Waals surface area contributed by atoms with E-state index in [-0.39, 0.29) is 26.3 Å². The van der Waals surface area contributed by atoms with E-state index in [2.05, 4.69) is 159 Å². The summed E-state index contributed by atoms with van der Waals surface area (Å²) in [6, 6.07) is 35.1. The summed E-state index contributed by atoms with van der Waals surface area (Å²) >= 11 is 0. The molecular formula is C46H48N4OPd. The summed E-state index contributed by atoms with van der Waals surface area (Å²) in [5.41, 5.74) is 12.6. The second-order valence-electron chi connectivity index (χ2n) is 15.0. The van der Waals surface area contributed by atoms with Crippen LogP contribution in [0.4, 0.5) is 0 Å². The van der Waals surface area contributed by atoms with Crippen molar-refractivity contribution in [2.24, 2.45) is 0 Å². The number of fused-ring (bicyclic) bond motifs is 3. The van der Waals surface area contributed by atoms with Gasteiger partial charge in [0.2, 0.25) is 0 Å². The van der Waals surface area contributed by atoms with Crippen molar-refractivity contribution in [1.82, 2.24) is 19.3 Å². The van der Waals surface area contributed by atoms with Crippen molar-refractivity contribution in [2.45, 2.75) is 92.9 Å². The topological polar surface area (TPSA) is 44.9 Å². The minimum Gasteiger partial charge on any atom is -0.509 e. The Kier molecular flexibility index (Phi) is 10.6. The van der Waals surface area contributed by atoms with Gasteiger partial charge in [0.25, 0.3) is 0 Å². The molecule has 52 heavy (non-hydrogen) atoms. The molecule has 5 nitrogen and oxygen atoms in total. The monoisotopic (exact) mass is 778 g/mol. The van der Waals surface area contributed by atoms with Gasteiger partial charge < -0.3 is 9.30 Å². The van der Waals surface area contributed by atoms with Crippen LogP contribution in [-0.4, -0.2) is 19.3 Å². The Hall–Kier alpha value is -4.50. The molecule has 7 aromatic rings. The van der Waals surface area contributed by atoms with Crippen LogP contribution >= 0.6 is 0 Å². The van der Waals surface area contributed by atoms with E-state index in [9.17, 15) is 0 Å². The SMILES string of the molecule is Cc1nn(-c2[c-]c(Oc3[c-]c4c(cc3)c3ccccc3n4-c3cc(C(C)C)ccn3)cc(C(C)C)c2)c(C)c1-c1c(C(C)C)cccc1C(C)C.[Pd+2]. The third kappa shape index (κ3) is 6.75. The maximum atomic E-state index is 6.67. The molecule has 0 radical (unpaired) electrons. The second-order valence-corrected chi connectivity index (χ2v) is 15.0. The Labute approximate surface area is 322 Å². The summed E-state index contributed by atoms with van der Waals surface area (Å²) in [6.45, 7) is 22.2. The van der Waals surface area contributed by atoms with Gasteiger partial charge in [0.15, 0.2) is 0 Å². The number of rotatable bonds is 9. The van der Waals surface area contributed by atoms with Crippen LogP contribution in [0.5, 0.6) is 11.5 Å². The minimum absolute atomic E-state index is 0. The zero-order chi connectivity index (χ0) is 36.1. The summed E-state index contributed by atoms with van der Waals surface area (Å²) < 4.78 is 10.9. The molecule has 0 saturated carbocycles. The van der Waals surface area contributed by atoms with Crippen LogP contribution in [0.3, 0.4) is 0 Å². The van der Waals surface area contributed by atoms with E-state index >= 15 is 0 Å². The molecule has 0 aliphatic heterocycles. The van der Waals surface area contributed by atoms with Gasteiger partial charge in [-0.15, -0.1) is 41.3 Å². The molecule has 0 aliphatic carbocycles. The third-order valence-electron chi connectivity index (χ3n) is 10.1. The first-order valence-corrected chi connectivity index (χ1v) is 18.3. The largest absolute Gasteiger partial charge is 2.00 e. The molecule has 6 heteroatoms. The van der Waals surface area contributed by atoms with E-state index in [0.717, 1.165) is 50.3 Å². The third-order valence-corrected chi connectivity index (χ3v) is 10.1. The number of hydrogen-bond acceptors (Lipinski definition) is 3. The molecular weight excluding hydrogens is 731 g/mol. The van der Waals surface area contributed by atoms with Gasteiger partial charge in [0, 0.05) is 34.5 Å². The van der Waals surface area contributed by atoms with Gasteiger partial charge in [0.05, 0.1) is 5.69 Å². The summed E-state index contributed by atoms with van der Waals surface area (Å²) in [5, 5.41) is 7.41. The summed E-state index contributed by atoms with van der Waals surface area (Å²) in [6.07, 6.45) is 1.90. The zero-order valence-electron chi connectivity index (χ0n) is 31.9. The molecule has 268 valence electrons. The average molecular weight is 779 g/mol. The van der Waals surface area contributed by atoms with Gasteiger partial charge in [-0.2, -0.15) is 11.2 Å². The van der Waals surface area contributed by atoms with Gasteiger partial charge in [-0.25, -0.2) is 4.98 Å². The van der Waals surface area contributed by atoms with Gasteiger partial charge in [0.1, 0.15) is 5.82 Å².